The Balaban J connectivity index is 2.57. The Morgan fingerprint density at radius 2 is 2.43 bits per heavy atom. The van der Waals surface area contributed by atoms with E-state index >= 15 is 0 Å². The smallest absolute Gasteiger partial charge is 0.309 e. The summed E-state index contributed by atoms with van der Waals surface area (Å²) in [5, 5.41) is 18.2. The number of carbonyl (C=O) groups is 1. The molecule has 14 heavy (non-hydrogen) atoms. The van der Waals surface area contributed by atoms with Crippen LogP contribution in [0.4, 0.5) is 0 Å². The maximum absolute atomic E-state index is 10.4. The molecule has 3 N–H and O–H groups in total. The molecule has 0 fully saturated rings. The molecule has 0 spiro atoms. The third kappa shape index (κ3) is 1.12. The summed E-state index contributed by atoms with van der Waals surface area (Å²) >= 11 is 0. The zero-order valence-corrected chi connectivity index (χ0v) is 7.48. The molecule has 0 amide bonds. The van der Waals surface area contributed by atoms with E-state index in [1.54, 1.807) is 13.1 Å². The van der Waals surface area contributed by atoms with E-state index in [1.807, 2.05) is 0 Å². The average Bonchev–Trinajstić information content (AvgIpc) is 2.57. The molecule has 6 heteroatoms. The van der Waals surface area contributed by atoms with Gasteiger partial charge in [0.2, 0.25) is 11.7 Å². The number of nitrogens with zero attached hydrogens (tertiary/aromatic N) is 2. The maximum atomic E-state index is 10.4. The Morgan fingerprint density at radius 1 is 1.71 bits per heavy atom. The van der Waals surface area contributed by atoms with E-state index in [1.165, 1.54) is 4.40 Å². The number of carboxylic acid groups (broad SMARTS) is 1. The molecule has 2 rings (SSSR count). The number of aromatic amines is 1. The van der Waals surface area contributed by atoms with Crippen molar-refractivity contribution in [2.45, 2.75) is 13.3 Å². The second-order valence-corrected chi connectivity index (χ2v) is 3.06. The fraction of sp³-hybridized carbons (Fsp3) is 0.250. The van der Waals surface area contributed by atoms with Crippen molar-refractivity contribution in [3.63, 3.8) is 0 Å². The molecular weight excluding hydrogens is 186 g/mol. The Labute approximate surface area is 78.8 Å². The number of carboxylic acids is 1. The molecule has 2 aromatic rings. The summed E-state index contributed by atoms with van der Waals surface area (Å²) in [6.07, 6.45) is 1.35. The number of aromatic hydroxyl groups is 1. The quantitative estimate of drug-likeness (QED) is 0.642. The lowest BCUT2D eigenvalue weighted by Crippen LogP contribution is -2.00. The van der Waals surface area contributed by atoms with Crippen molar-refractivity contribution < 1.29 is 15.0 Å². The summed E-state index contributed by atoms with van der Waals surface area (Å²) in [7, 11) is 0. The van der Waals surface area contributed by atoms with Crippen LogP contribution in [0.3, 0.4) is 0 Å². The number of H-pyrrole nitrogens is 1. The van der Waals surface area contributed by atoms with Gasteiger partial charge in [0.1, 0.15) is 0 Å². The van der Waals surface area contributed by atoms with Gasteiger partial charge in [0.05, 0.1) is 18.3 Å². The number of aromatic nitrogens is 3. The zero-order chi connectivity index (χ0) is 10.3. The van der Waals surface area contributed by atoms with Crippen LogP contribution in [-0.4, -0.2) is 30.6 Å². The fourth-order valence-corrected chi connectivity index (χ4v) is 1.39. The largest absolute Gasteiger partial charge is 0.493 e. The van der Waals surface area contributed by atoms with Crippen molar-refractivity contribution in [2.24, 2.45) is 0 Å². The van der Waals surface area contributed by atoms with E-state index in [4.69, 9.17) is 5.11 Å². The van der Waals surface area contributed by atoms with Crippen molar-refractivity contribution in [3.05, 3.63) is 17.6 Å². The van der Waals surface area contributed by atoms with Gasteiger partial charge in [0, 0.05) is 5.69 Å². The van der Waals surface area contributed by atoms with E-state index in [0.29, 0.717) is 5.78 Å². The number of rotatable bonds is 2. The lowest BCUT2D eigenvalue weighted by atomic mass is 10.3. The monoisotopic (exact) mass is 195 g/mol. The molecule has 0 aliphatic rings. The van der Waals surface area contributed by atoms with Crippen LogP contribution in [-0.2, 0) is 11.2 Å². The minimum atomic E-state index is -0.998. The van der Waals surface area contributed by atoms with Crippen LogP contribution < -0.4 is 0 Å². The van der Waals surface area contributed by atoms with E-state index in [0.717, 1.165) is 5.69 Å². The second-order valence-electron chi connectivity index (χ2n) is 3.06. The van der Waals surface area contributed by atoms with Crippen molar-refractivity contribution in [2.75, 3.05) is 0 Å². The Hall–Kier alpha value is -1.98. The van der Waals surface area contributed by atoms with E-state index < -0.39 is 5.97 Å². The molecule has 0 bridgehead atoms. The third-order valence-electron chi connectivity index (χ3n) is 2.01. The van der Waals surface area contributed by atoms with Crippen LogP contribution in [0, 0.1) is 6.92 Å². The van der Waals surface area contributed by atoms with Gasteiger partial charge in [-0.15, -0.1) is 0 Å². The zero-order valence-electron chi connectivity index (χ0n) is 7.48. The molecule has 0 saturated heterocycles. The van der Waals surface area contributed by atoms with Gasteiger partial charge in [-0.1, -0.05) is 0 Å². The summed E-state index contributed by atoms with van der Waals surface area (Å²) in [6, 6.07) is 0. The standard InChI is InChI=1S/C8H9N3O3/c1-4-3-9-8-10-5(2-6(12)13)7(14)11(4)8/h3,14H,2H2,1H3,(H,9,10)(H,12,13). The molecule has 0 saturated carbocycles. The summed E-state index contributed by atoms with van der Waals surface area (Å²) in [4.78, 5) is 17.1. The van der Waals surface area contributed by atoms with Gasteiger partial charge in [-0.25, -0.2) is 4.98 Å². The highest BCUT2D eigenvalue weighted by molar-refractivity contribution is 5.70. The van der Waals surface area contributed by atoms with E-state index in [-0.39, 0.29) is 18.0 Å². The van der Waals surface area contributed by atoms with Crippen LogP contribution in [0.25, 0.3) is 5.78 Å². The number of hydrogen-bond donors (Lipinski definition) is 3. The molecule has 74 valence electrons. The molecule has 6 nitrogen and oxygen atoms in total. The summed E-state index contributed by atoms with van der Waals surface area (Å²) in [5.74, 6) is -0.629. The molecular formula is C8H9N3O3. The molecule has 0 aliphatic heterocycles. The number of aliphatic carboxylic acids is 1. The van der Waals surface area contributed by atoms with Gasteiger partial charge in [-0.05, 0) is 6.92 Å². The van der Waals surface area contributed by atoms with Crippen LogP contribution in [0.1, 0.15) is 11.4 Å². The number of hydrogen-bond acceptors (Lipinski definition) is 3. The van der Waals surface area contributed by atoms with Crippen LogP contribution in [0.2, 0.25) is 0 Å². The Bertz CT molecular complexity index is 497. The number of aryl methyl sites for hydroxylation is 1. The predicted molar refractivity (Wildman–Crippen MR) is 47.3 cm³/mol. The third-order valence-corrected chi connectivity index (χ3v) is 2.01. The molecule has 0 aliphatic carbocycles. The van der Waals surface area contributed by atoms with Gasteiger partial charge >= 0.3 is 5.97 Å². The van der Waals surface area contributed by atoms with Crippen molar-refractivity contribution >= 4 is 11.7 Å². The normalized spacial score (nSPS) is 10.9. The predicted octanol–water partition coefficient (Wildman–Crippen LogP) is 0.304. The van der Waals surface area contributed by atoms with Crippen LogP contribution in [0.15, 0.2) is 6.20 Å². The SMILES string of the molecule is Cc1cnc2[nH]c(CC(=O)O)c(O)n12. The van der Waals surface area contributed by atoms with Crippen LogP contribution in [0.5, 0.6) is 5.88 Å². The highest BCUT2D eigenvalue weighted by Crippen LogP contribution is 2.20. The molecule has 2 aromatic heterocycles. The van der Waals surface area contributed by atoms with Gasteiger partial charge < -0.3 is 15.2 Å². The topological polar surface area (TPSA) is 90.6 Å². The fourth-order valence-electron chi connectivity index (χ4n) is 1.39. The number of nitrogens with one attached hydrogen (secondary N) is 1. The number of imidazole rings is 2. The molecule has 0 atom stereocenters. The van der Waals surface area contributed by atoms with Gasteiger partial charge in [0.15, 0.2) is 0 Å². The second kappa shape index (κ2) is 2.76. The van der Waals surface area contributed by atoms with Gasteiger partial charge in [0.25, 0.3) is 0 Å². The number of fused-ring (bicyclic) bond motifs is 1. The first kappa shape index (κ1) is 8.61. The lowest BCUT2D eigenvalue weighted by Gasteiger charge is -1.94. The summed E-state index contributed by atoms with van der Waals surface area (Å²) in [6.45, 7) is 1.78. The van der Waals surface area contributed by atoms with Crippen molar-refractivity contribution in [1.29, 1.82) is 0 Å². The summed E-state index contributed by atoms with van der Waals surface area (Å²) in [5.41, 5.74) is 1.02. The average molecular weight is 195 g/mol. The molecule has 0 unspecified atom stereocenters. The van der Waals surface area contributed by atoms with E-state index in [9.17, 15) is 9.90 Å². The van der Waals surface area contributed by atoms with Crippen LogP contribution >= 0.6 is 0 Å². The van der Waals surface area contributed by atoms with Crippen molar-refractivity contribution in [3.8, 4) is 5.88 Å². The first-order chi connectivity index (χ1) is 6.59. The Morgan fingerprint density at radius 3 is 3.00 bits per heavy atom. The highest BCUT2D eigenvalue weighted by Gasteiger charge is 2.14. The first-order valence-corrected chi connectivity index (χ1v) is 4.05. The maximum Gasteiger partial charge on any atom is 0.309 e. The van der Waals surface area contributed by atoms with Gasteiger partial charge in [-0.2, -0.15) is 0 Å². The lowest BCUT2D eigenvalue weighted by molar-refractivity contribution is -0.136. The molecule has 0 aromatic carbocycles. The minimum absolute atomic E-state index is 0.0857. The highest BCUT2D eigenvalue weighted by atomic mass is 16.4. The first-order valence-electron chi connectivity index (χ1n) is 4.05. The summed E-state index contributed by atoms with van der Waals surface area (Å²) < 4.78 is 1.47. The Kier molecular flexibility index (Phi) is 1.70. The van der Waals surface area contributed by atoms with Gasteiger partial charge in [-0.3, -0.25) is 9.20 Å². The molecule has 2 heterocycles. The van der Waals surface area contributed by atoms with Crippen molar-refractivity contribution in [1.82, 2.24) is 14.4 Å². The molecule has 0 radical (unpaired) electrons. The van der Waals surface area contributed by atoms with E-state index in [2.05, 4.69) is 9.97 Å². The minimum Gasteiger partial charge on any atom is -0.493 e.